The molecule has 0 aliphatic heterocycles. The monoisotopic (exact) mass is 343 g/mol. The molecule has 1 aromatic carbocycles. The fourth-order valence-corrected chi connectivity index (χ4v) is 2.43. The first-order valence-corrected chi connectivity index (χ1v) is 7.26. The molecule has 3 rings (SSSR count). The Kier molecular flexibility index (Phi) is 3.87. The number of halogens is 1. The lowest BCUT2D eigenvalue weighted by atomic mass is 10.2. The van der Waals surface area contributed by atoms with Crippen LogP contribution in [0.15, 0.2) is 59.5 Å². The molecular weight excluding hydrogens is 330 g/mol. The molecule has 0 radical (unpaired) electrons. The number of anilines is 2. The number of nitrogen functional groups attached to an aromatic ring is 1. The molecular formula is C15H14BrN5. The molecule has 0 aliphatic rings. The van der Waals surface area contributed by atoms with Gasteiger partial charge < -0.3 is 11.1 Å². The van der Waals surface area contributed by atoms with E-state index in [1.165, 1.54) is 0 Å². The van der Waals surface area contributed by atoms with Crippen molar-refractivity contribution >= 4 is 27.4 Å². The van der Waals surface area contributed by atoms with Crippen molar-refractivity contribution in [3.05, 3.63) is 65.0 Å². The minimum Gasteiger partial charge on any atom is -0.396 e. The summed E-state index contributed by atoms with van der Waals surface area (Å²) in [5.74, 6) is 0.675. The quantitative estimate of drug-likeness (QED) is 0.763. The first-order valence-electron chi connectivity index (χ1n) is 6.47. The summed E-state index contributed by atoms with van der Waals surface area (Å²) < 4.78 is 2.71. The molecule has 0 saturated heterocycles. The maximum atomic E-state index is 5.95. The lowest BCUT2D eigenvalue weighted by molar-refractivity contribution is 0.863. The maximum Gasteiger partial charge on any atom is 0.149 e. The van der Waals surface area contributed by atoms with Crippen molar-refractivity contribution < 1.29 is 0 Å². The number of hydrogen-bond acceptors (Lipinski definition) is 4. The molecule has 3 N–H and O–H groups in total. The van der Waals surface area contributed by atoms with Crippen LogP contribution in [0, 0.1) is 0 Å². The van der Waals surface area contributed by atoms with Crippen LogP contribution in [0.3, 0.4) is 0 Å². The predicted molar refractivity (Wildman–Crippen MR) is 87.2 cm³/mol. The highest BCUT2D eigenvalue weighted by Crippen LogP contribution is 2.21. The zero-order valence-electron chi connectivity index (χ0n) is 11.2. The van der Waals surface area contributed by atoms with Crippen LogP contribution in [-0.4, -0.2) is 14.8 Å². The highest BCUT2D eigenvalue weighted by atomic mass is 79.9. The molecule has 3 aromatic rings. The van der Waals surface area contributed by atoms with Gasteiger partial charge in [0, 0.05) is 29.6 Å². The molecule has 0 fully saturated rings. The lowest BCUT2D eigenvalue weighted by Gasteiger charge is -2.12. The fourth-order valence-electron chi connectivity index (χ4n) is 2.08. The Morgan fingerprint density at radius 2 is 2.10 bits per heavy atom. The third-order valence-electron chi connectivity index (χ3n) is 3.07. The van der Waals surface area contributed by atoms with E-state index in [0.29, 0.717) is 18.1 Å². The van der Waals surface area contributed by atoms with E-state index in [9.17, 15) is 0 Å². The Morgan fingerprint density at radius 3 is 2.86 bits per heavy atom. The number of para-hydroxylation sites is 1. The zero-order chi connectivity index (χ0) is 14.7. The Morgan fingerprint density at radius 1 is 1.24 bits per heavy atom. The average molecular weight is 344 g/mol. The largest absolute Gasteiger partial charge is 0.396 e. The smallest absolute Gasteiger partial charge is 0.149 e. The van der Waals surface area contributed by atoms with Crippen molar-refractivity contribution in [2.24, 2.45) is 0 Å². The third kappa shape index (κ3) is 3.05. The normalized spacial score (nSPS) is 10.5. The summed E-state index contributed by atoms with van der Waals surface area (Å²) >= 11 is 3.35. The molecule has 0 atom stereocenters. The van der Waals surface area contributed by atoms with Gasteiger partial charge in [0.2, 0.25) is 0 Å². The second-order valence-corrected chi connectivity index (χ2v) is 5.44. The molecule has 6 heteroatoms. The summed E-state index contributed by atoms with van der Waals surface area (Å²) in [7, 11) is 0. The van der Waals surface area contributed by atoms with Crippen LogP contribution in [0.25, 0.3) is 5.69 Å². The molecule has 0 saturated carbocycles. The summed E-state index contributed by atoms with van der Waals surface area (Å²) in [5, 5.41) is 7.53. The number of nitrogens with two attached hydrogens (primary N) is 1. The van der Waals surface area contributed by atoms with Crippen LogP contribution >= 0.6 is 15.9 Å². The number of nitrogens with one attached hydrogen (secondary N) is 1. The van der Waals surface area contributed by atoms with E-state index >= 15 is 0 Å². The molecule has 5 nitrogen and oxygen atoms in total. The molecule has 21 heavy (non-hydrogen) atoms. The SMILES string of the molecule is Nc1cc(Br)cnc1NCc1ccccc1-n1cccn1. The molecule has 2 heterocycles. The summed E-state index contributed by atoms with van der Waals surface area (Å²) in [6, 6.07) is 11.8. The van der Waals surface area contributed by atoms with Gasteiger partial charge in [-0.1, -0.05) is 18.2 Å². The molecule has 2 aromatic heterocycles. The van der Waals surface area contributed by atoms with E-state index in [1.54, 1.807) is 12.4 Å². The number of aromatic nitrogens is 3. The van der Waals surface area contributed by atoms with Crippen molar-refractivity contribution in [1.29, 1.82) is 0 Å². The lowest BCUT2D eigenvalue weighted by Crippen LogP contribution is -2.08. The van der Waals surface area contributed by atoms with Crippen molar-refractivity contribution in [3.63, 3.8) is 0 Å². The maximum absolute atomic E-state index is 5.95. The summed E-state index contributed by atoms with van der Waals surface area (Å²) in [6.45, 7) is 0.620. The van der Waals surface area contributed by atoms with Gasteiger partial charge in [0.1, 0.15) is 5.82 Å². The highest BCUT2D eigenvalue weighted by molar-refractivity contribution is 9.10. The van der Waals surface area contributed by atoms with Crippen molar-refractivity contribution in [2.75, 3.05) is 11.1 Å². The van der Waals surface area contributed by atoms with E-state index < -0.39 is 0 Å². The summed E-state index contributed by atoms with van der Waals surface area (Å²) in [6.07, 6.45) is 5.40. The van der Waals surface area contributed by atoms with Crippen LogP contribution in [-0.2, 0) is 6.54 Å². The third-order valence-corrected chi connectivity index (χ3v) is 3.51. The highest BCUT2D eigenvalue weighted by Gasteiger charge is 2.06. The molecule has 0 aliphatic carbocycles. The van der Waals surface area contributed by atoms with Crippen LogP contribution in [0.2, 0.25) is 0 Å². The Balaban J connectivity index is 1.83. The van der Waals surface area contributed by atoms with Crippen LogP contribution in [0.5, 0.6) is 0 Å². The van der Waals surface area contributed by atoms with Crippen molar-refractivity contribution in [3.8, 4) is 5.69 Å². The van der Waals surface area contributed by atoms with E-state index in [-0.39, 0.29) is 0 Å². The fraction of sp³-hybridized carbons (Fsp3) is 0.0667. The first-order chi connectivity index (χ1) is 10.2. The Bertz CT molecular complexity index is 740. The molecule has 106 valence electrons. The number of benzene rings is 1. The van der Waals surface area contributed by atoms with Gasteiger partial charge in [-0.25, -0.2) is 9.67 Å². The van der Waals surface area contributed by atoms with Gasteiger partial charge in [-0.15, -0.1) is 0 Å². The second kappa shape index (κ2) is 5.97. The minimum absolute atomic E-state index is 0.612. The second-order valence-electron chi connectivity index (χ2n) is 4.52. The standard InChI is InChI=1S/C15H14BrN5/c16-12-8-13(17)15(19-10-12)18-9-11-4-1-2-5-14(11)21-7-3-6-20-21/h1-8,10H,9,17H2,(H,18,19). The van der Waals surface area contributed by atoms with Gasteiger partial charge in [-0.05, 0) is 39.7 Å². The minimum atomic E-state index is 0.612. The summed E-state index contributed by atoms with van der Waals surface area (Å²) in [4.78, 5) is 4.28. The topological polar surface area (TPSA) is 68.8 Å². The van der Waals surface area contributed by atoms with E-state index in [2.05, 4.69) is 37.4 Å². The zero-order valence-corrected chi connectivity index (χ0v) is 12.8. The van der Waals surface area contributed by atoms with Crippen molar-refractivity contribution in [2.45, 2.75) is 6.54 Å². The molecule has 0 spiro atoms. The average Bonchev–Trinajstić information content (AvgIpc) is 3.01. The van der Waals surface area contributed by atoms with E-state index in [0.717, 1.165) is 15.7 Å². The van der Waals surface area contributed by atoms with Gasteiger partial charge in [0.15, 0.2) is 0 Å². The first kappa shape index (κ1) is 13.6. The number of hydrogen-bond donors (Lipinski definition) is 2. The number of nitrogens with zero attached hydrogens (tertiary/aromatic N) is 3. The molecule has 0 bridgehead atoms. The predicted octanol–water partition coefficient (Wildman–Crippen LogP) is 3.22. The van der Waals surface area contributed by atoms with E-state index in [1.807, 2.05) is 41.2 Å². The van der Waals surface area contributed by atoms with Crippen LogP contribution in [0.1, 0.15) is 5.56 Å². The Hall–Kier alpha value is -2.34. The van der Waals surface area contributed by atoms with Gasteiger partial charge in [0.25, 0.3) is 0 Å². The van der Waals surface area contributed by atoms with E-state index in [4.69, 9.17) is 5.73 Å². The summed E-state index contributed by atoms with van der Waals surface area (Å²) in [5.41, 5.74) is 8.71. The number of pyridine rings is 1. The molecule has 0 unspecified atom stereocenters. The Labute approximate surface area is 130 Å². The van der Waals surface area contributed by atoms with Gasteiger partial charge in [-0.2, -0.15) is 5.10 Å². The van der Waals surface area contributed by atoms with Gasteiger partial charge in [-0.3, -0.25) is 0 Å². The van der Waals surface area contributed by atoms with Crippen molar-refractivity contribution in [1.82, 2.24) is 14.8 Å². The van der Waals surface area contributed by atoms with Crippen LogP contribution < -0.4 is 11.1 Å². The van der Waals surface area contributed by atoms with Gasteiger partial charge >= 0.3 is 0 Å². The van der Waals surface area contributed by atoms with Gasteiger partial charge in [0.05, 0.1) is 11.4 Å². The van der Waals surface area contributed by atoms with Crippen LogP contribution in [0.4, 0.5) is 11.5 Å². The molecule has 0 amide bonds. The number of rotatable bonds is 4.